The van der Waals surface area contributed by atoms with Crippen molar-refractivity contribution in [2.45, 2.75) is 13.1 Å². The fourth-order valence-corrected chi connectivity index (χ4v) is 2.63. The summed E-state index contributed by atoms with van der Waals surface area (Å²) in [5.74, 6) is 1.58. The number of hydrogen-bond donors (Lipinski definition) is 0. The minimum Gasteiger partial charge on any atom is -0.497 e. The lowest BCUT2D eigenvalue weighted by atomic mass is 10.1. The zero-order valence-corrected chi connectivity index (χ0v) is 14.8. The van der Waals surface area contributed by atoms with Crippen LogP contribution in [0.5, 0.6) is 11.5 Å². The lowest BCUT2D eigenvalue weighted by molar-refractivity contribution is 0.194. The van der Waals surface area contributed by atoms with Gasteiger partial charge in [0, 0.05) is 25.5 Å². The van der Waals surface area contributed by atoms with Gasteiger partial charge in [0.2, 0.25) is 0 Å². The molecule has 3 aromatic rings. The summed E-state index contributed by atoms with van der Waals surface area (Å²) < 4.78 is 11.9. The second-order valence-corrected chi connectivity index (χ2v) is 5.80. The maximum atomic E-state index is 12.9. The monoisotopic (exact) mass is 351 g/mol. The summed E-state index contributed by atoms with van der Waals surface area (Å²) in [6.07, 6.45) is 4.76. The lowest BCUT2D eigenvalue weighted by Gasteiger charge is -2.23. The Morgan fingerprint density at radius 1 is 0.923 bits per heavy atom. The van der Waals surface area contributed by atoms with Gasteiger partial charge in [0.15, 0.2) is 0 Å². The zero-order valence-electron chi connectivity index (χ0n) is 14.8. The summed E-state index contributed by atoms with van der Waals surface area (Å²) in [6, 6.07) is 15.3. The SMILES string of the molecule is COc1ccc(CN(Cc2ccc(OC)cc2)C(=O)n2ccnc2)cc1. The molecule has 0 N–H and O–H groups in total. The standard InChI is InChI=1S/C20H21N3O3/c1-25-18-7-3-16(4-8-18)13-23(20(24)22-12-11-21-15-22)14-17-5-9-19(26-2)10-6-17/h3-12,15H,13-14H2,1-2H3. The summed E-state index contributed by atoms with van der Waals surface area (Å²) in [6.45, 7) is 0.958. The topological polar surface area (TPSA) is 56.6 Å². The molecule has 0 radical (unpaired) electrons. The molecule has 1 heterocycles. The van der Waals surface area contributed by atoms with Crippen LogP contribution >= 0.6 is 0 Å². The van der Waals surface area contributed by atoms with Crippen LogP contribution < -0.4 is 9.47 Å². The number of nitrogens with zero attached hydrogens (tertiary/aromatic N) is 3. The van der Waals surface area contributed by atoms with Gasteiger partial charge in [-0.2, -0.15) is 0 Å². The average Bonchev–Trinajstić information content (AvgIpc) is 3.23. The van der Waals surface area contributed by atoms with Crippen molar-refractivity contribution in [3.63, 3.8) is 0 Å². The molecular formula is C20H21N3O3. The third kappa shape index (κ3) is 4.22. The van der Waals surface area contributed by atoms with Crippen molar-refractivity contribution >= 4 is 6.03 Å². The molecule has 0 aliphatic heterocycles. The number of benzene rings is 2. The van der Waals surface area contributed by atoms with Crippen LogP contribution in [0.3, 0.4) is 0 Å². The number of carbonyl (C=O) groups is 1. The van der Waals surface area contributed by atoms with Gasteiger partial charge >= 0.3 is 6.03 Å². The van der Waals surface area contributed by atoms with Crippen LogP contribution in [0.1, 0.15) is 11.1 Å². The Hall–Kier alpha value is -3.28. The number of amides is 1. The van der Waals surface area contributed by atoms with Crippen LogP contribution in [0.15, 0.2) is 67.3 Å². The molecule has 0 saturated heterocycles. The van der Waals surface area contributed by atoms with Crippen LogP contribution in [0.2, 0.25) is 0 Å². The van der Waals surface area contributed by atoms with E-state index in [9.17, 15) is 4.79 Å². The second-order valence-electron chi connectivity index (χ2n) is 5.80. The summed E-state index contributed by atoms with van der Waals surface area (Å²) in [5, 5.41) is 0. The number of ether oxygens (including phenoxy) is 2. The maximum absolute atomic E-state index is 12.9. The predicted octanol–water partition coefficient (Wildman–Crippen LogP) is 3.57. The van der Waals surface area contributed by atoms with Gasteiger partial charge in [-0.1, -0.05) is 24.3 Å². The Bertz CT molecular complexity index is 778. The van der Waals surface area contributed by atoms with Crippen molar-refractivity contribution in [3.8, 4) is 11.5 Å². The molecule has 134 valence electrons. The van der Waals surface area contributed by atoms with Crippen LogP contribution in [0.25, 0.3) is 0 Å². The molecule has 2 aromatic carbocycles. The molecule has 0 aliphatic rings. The van der Waals surface area contributed by atoms with E-state index in [-0.39, 0.29) is 6.03 Å². The highest BCUT2D eigenvalue weighted by atomic mass is 16.5. The number of imidazole rings is 1. The summed E-state index contributed by atoms with van der Waals surface area (Å²) in [4.78, 5) is 18.6. The molecular weight excluding hydrogens is 330 g/mol. The van der Waals surface area contributed by atoms with E-state index in [4.69, 9.17) is 9.47 Å². The first-order valence-corrected chi connectivity index (χ1v) is 8.22. The van der Waals surface area contributed by atoms with E-state index >= 15 is 0 Å². The Labute approximate surface area is 152 Å². The van der Waals surface area contributed by atoms with Gasteiger partial charge < -0.3 is 14.4 Å². The molecule has 0 fully saturated rings. The number of aromatic nitrogens is 2. The minimum atomic E-state index is -0.130. The van der Waals surface area contributed by atoms with E-state index in [1.807, 2.05) is 48.5 Å². The van der Waals surface area contributed by atoms with Crippen molar-refractivity contribution in [3.05, 3.63) is 78.4 Å². The molecule has 26 heavy (non-hydrogen) atoms. The number of hydrogen-bond acceptors (Lipinski definition) is 4. The third-order valence-electron chi connectivity index (χ3n) is 4.06. The van der Waals surface area contributed by atoms with Crippen LogP contribution in [0.4, 0.5) is 4.79 Å². The molecule has 1 amide bonds. The fraction of sp³-hybridized carbons (Fsp3) is 0.200. The Kier molecular flexibility index (Phi) is 5.53. The van der Waals surface area contributed by atoms with E-state index in [1.54, 1.807) is 31.5 Å². The number of carbonyl (C=O) groups excluding carboxylic acids is 1. The van der Waals surface area contributed by atoms with Gasteiger partial charge in [-0.05, 0) is 35.4 Å². The molecule has 6 heteroatoms. The van der Waals surface area contributed by atoms with Gasteiger partial charge in [0.05, 0.1) is 14.2 Å². The molecule has 6 nitrogen and oxygen atoms in total. The van der Waals surface area contributed by atoms with Gasteiger partial charge in [-0.25, -0.2) is 9.78 Å². The van der Waals surface area contributed by atoms with E-state index in [0.29, 0.717) is 13.1 Å². The van der Waals surface area contributed by atoms with Crippen LogP contribution in [-0.2, 0) is 13.1 Å². The maximum Gasteiger partial charge on any atom is 0.330 e. The molecule has 0 aliphatic carbocycles. The van der Waals surface area contributed by atoms with E-state index < -0.39 is 0 Å². The first kappa shape index (κ1) is 17.5. The van der Waals surface area contributed by atoms with Crippen LogP contribution in [0, 0.1) is 0 Å². The first-order chi connectivity index (χ1) is 12.7. The molecule has 0 saturated carbocycles. The van der Waals surface area contributed by atoms with Gasteiger partial charge in [0.1, 0.15) is 17.8 Å². The minimum absolute atomic E-state index is 0.130. The normalized spacial score (nSPS) is 10.4. The summed E-state index contributed by atoms with van der Waals surface area (Å²) in [5.41, 5.74) is 2.04. The highest BCUT2D eigenvalue weighted by Gasteiger charge is 2.16. The molecule has 1 aromatic heterocycles. The summed E-state index contributed by atoms with van der Waals surface area (Å²) in [7, 11) is 3.26. The Balaban J connectivity index is 1.81. The number of rotatable bonds is 6. The highest BCUT2D eigenvalue weighted by molar-refractivity contribution is 5.76. The van der Waals surface area contributed by atoms with Crippen molar-refractivity contribution in [2.24, 2.45) is 0 Å². The van der Waals surface area contributed by atoms with Crippen molar-refractivity contribution < 1.29 is 14.3 Å². The quantitative estimate of drug-likeness (QED) is 0.681. The Morgan fingerprint density at radius 2 is 1.42 bits per heavy atom. The smallest absolute Gasteiger partial charge is 0.330 e. The highest BCUT2D eigenvalue weighted by Crippen LogP contribution is 2.17. The predicted molar refractivity (Wildman–Crippen MR) is 98.3 cm³/mol. The van der Waals surface area contributed by atoms with Crippen molar-refractivity contribution in [2.75, 3.05) is 14.2 Å². The third-order valence-corrected chi connectivity index (χ3v) is 4.06. The Morgan fingerprint density at radius 3 is 1.81 bits per heavy atom. The first-order valence-electron chi connectivity index (χ1n) is 8.22. The lowest BCUT2D eigenvalue weighted by Crippen LogP contribution is -2.33. The molecule has 0 bridgehead atoms. The number of methoxy groups -OCH3 is 2. The molecule has 0 unspecified atom stereocenters. The van der Waals surface area contributed by atoms with Gasteiger partial charge in [-0.15, -0.1) is 0 Å². The van der Waals surface area contributed by atoms with Gasteiger partial charge in [-0.3, -0.25) is 4.57 Å². The summed E-state index contributed by atoms with van der Waals surface area (Å²) >= 11 is 0. The van der Waals surface area contributed by atoms with Gasteiger partial charge in [0.25, 0.3) is 0 Å². The fourth-order valence-electron chi connectivity index (χ4n) is 2.63. The van der Waals surface area contributed by atoms with Crippen molar-refractivity contribution in [1.82, 2.24) is 14.5 Å². The molecule has 3 rings (SSSR count). The largest absolute Gasteiger partial charge is 0.497 e. The van der Waals surface area contributed by atoms with E-state index in [2.05, 4.69) is 4.98 Å². The zero-order chi connectivity index (χ0) is 18.4. The molecule has 0 spiro atoms. The van der Waals surface area contributed by atoms with Crippen LogP contribution in [-0.4, -0.2) is 34.7 Å². The average molecular weight is 351 g/mol. The second kappa shape index (κ2) is 8.20. The van der Waals surface area contributed by atoms with Crippen molar-refractivity contribution in [1.29, 1.82) is 0 Å². The van der Waals surface area contributed by atoms with E-state index in [0.717, 1.165) is 22.6 Å². The van der Waals surface area contributed by atoms with E-state index in [1.165, 1.54) is 10.9 Å². The molecule has 0 atom stereocenters.